The molecule has 0 aliphatic heterocycles. The number of aryl methyl sites for hydroxylation is 1. The van der Waals surface area contributed by atoms with Crippen molar-refractivity contribution in [1.29, 1.82) is 0 Å². The highest BCUT2D eigenvalue weighted by atomic mass is 32.2. The Labute approximate surface area is 122 Å². The van der Waals surface area contributed by atoms with Crippen LogP contribution in [0.25, 0.3) is 0 Å². The van der Waals surface area contributed by atoms with Crippen molar-refractivity contribution in [2.75, 3.05) is 25.6 Å². The van der Waals surface area contributed by atoms with Gasteiger partial charge in [0.15, 0.2) is 0 Å². The minimum atomic E-state index is -4.23. The number of hydrogen-bond acceptors (Lipinski definition) is 6. The third-order valence-corrected chi connectivity index (χ3v) is 5.10. The van der Waals surface area contributed by atoms with Crippen molar-refractivity contribution < 1.29 is 28.1 Å². The predicted molar refractivity (Wildman–Crippen MR) is 74.6 cm³/mol. The van der Waals surface area contributed by atoms with Crippen molar-refractivity contribution in [1.82, 2.24) is 4.72 Å². The normalized spacial score (nSPS) is 12.7. The first-order valence-corrected chi connectivity index (χ1v) is 7.54. The van der Waals surface area contributed by atoms with Crippen LogP contribution < -0.4 is 10.5 Å². The number of benzene rings is 1. The average molecular weight is 322 g/mol. The zero-order chi connectivity index (χ0) is 16.4. The fraction of sp³-hybridized carbons (Fsp3) is 0.500. The summed E-state index contributed by atoms with van der Waals surface area (Å²) in [7, 11) is -4.23. The van der Waals surface area contributed by atoms with Crippen LogP contribution >= 0.6 is 0 Å². The zero-order valence-electron chi connectivity index (χ0n) is 11.7. The van der Waals surface area contributed by atoms with Gasteiger partial charge < -0.3 is 21.1 Å². The quantitative estimate of drug-likeness (QED) is 0.428. The maximum Gasteiger partial charge on any atom is 0.241 e. The first kappa shape index (κ1) is 17.8. The molecule has 0 fully saturated rings. The molecule has 1 rings (SSSR count). The number of nitrogen functional groups attached to an aromatic ring is 1. The van der Waals surface area contributed by atoms with Gasteiger partial charge in [0.1, 0.15) is 11.4 Å². The van der Waals surface area contributed by atoms with E-state index >= 15 is 0 Å². The Morgan fingerprint density at radius 3 is 2.14 bits per heavy atom. The van der Waals surface area contributed by atoms with Gasteiger partial charge in [-0.2, -0.15) is 4.72 Å². The Morgan fingerprint density at radius 2 is 1.71 bits per heavy atom. The molecule has 0 saturated carbocycles. The van der Waals surface area contributed by atoms with Crippen LogP contribution in [0.15, 0.2) is 11.0 Å². The molecule has 0 unspecified atom stereocenters. The largest absolute Gasteiger partial charge is 0.396 e. The molecule has 0 heterocycles. The smallest absolute Gasteiger partial charge is 0.241 e. The van der Waals surface area contributed by atoms with Gasteiger partial charge in [-0.25, -0.2) is 12.8 Å². The van der Waals surface area contributed by atoms with E-state index in [0.717, 1.165) is 6.07 Å². The highest BCUT2D eigenvalue weighted by Gasteiger charge is 2.35. The van der Waals surface area contributed by atoms with Gasteiger partial charge in [-0.15, -0.1) is 0 Å². The van der Waals surface area contributed by atoms with Gasteiger partial charge >= 0.3 is 0 Å². The second-order valence-corrected chi connectivity index (χ2v) is 6.52. The zero-order valence-corrected chi connectivity index (χ0v) is 12.5. The molecule has 0 radical (unpaired) electrons. The summed E-state index contributed by atoms with van der Waals surface area (Å²) < 4.78 is 40.3. The fourth-order valence-electron chi connectivity index (χ4n) is 1.93. The lowest BCUT2D eigenvalue weighted by atomic mass is 10.1. The first-order valence-electron chi connectivity index (χ1n) is 6.06. The second-order valence-electron chi connectivity index (χ2n) is 4.90. The molecule has 1 aromatic carbocycles. The van der Waals surface area contributed by atoms with Crippen LogP contribution in [0, 0.1) is 19.7 Å². The number of sulfonamides is 1. The molecular formula is C12H19FN2O5S. The monoisotopic (exact) mass is 322 g/mol. The van der Waals surface area contributed by atoms with Gasteiger partial charge in [0, 0.05) is 0 Å². The molecular weight excluding hydrogens is 303 g/mol. The summed E-state index contributed by atoms with van der Waals surface area (Å²) in [5.74, 6) is -0.735. The number of nitrogens with two attached hydrogens (primary N) is 1. The Hall–Kier alpha value is -1.26. The molecule has 0 amide bonds. The van der Waals surface area contributed by atoms with E-state index in [1.165, 1.54) is 13.8 Å². The van der Waals surface area contributed by atoms with Crippen molar-refractivity contribution in [2.45, 2.75) is 24.3 Å². The number of anilines is 1. The molecule has 9 heteroatoms. The van der Waals surface area contributed by atoms with E-state index in [-0.39, 0.29) is 21.7 Å². The fourth-order valence-corrected chi connectivity index (χ4v) is 3.79. The molecule has 0 aliphatic carbocycles. The van der Waals surface area contributed by atoms with Crippen LogP contribution in [0.5, 0.6) is 0 Å². The number of halogens is 1. The summed E-state index contributed by atoms with van der Waals surface area (Å²) in [6.07, 6.45) is 0. The van der Waals surface area contributed by atoms with Crippen molar-refractivity contribution in [3.05, 3.63) is 23.0 Å². The summed E-state index contributed by atoms with van der Waals surface area (Å²) in [6, 6.07) is 0.982. The van der Waals surface area contributed by atoms with Crippen LogP contribution in [0.1, 0.15) is 11.1 Å². The lowest BCUT2D eigenvalue weighted by Gasteiger charge is -2.29. The summed E-state index contributed by atoms with van der Waals surface area (Å²) in [5.41, 5.74) is 3.51. The Kier molecular flexibility index (Phi) is 5.29. The molecule has 0 bridgehead atoms. The third-order valence-electron chi connectivity index (χ3n) is 3.23. The van der Waals surface area contributed by atoms with E-state index in [4.69, 9.17) is 5.73 Å². The van der Waals surface area contributed by atoms with Gasteiger partial charge in [0.05, 0.1) is 30.4 Å². The first-order chi connectivity index (χ1) is 9.64. The van der Waals surface area contributed by atoms with E-state index in [0.29, 0.717) is 0 Å². The Balaban J connectivity index is 3.43. The summed E-state index contributed by atoms with van der Waals surface area (Å²) in [4.78, 5) is -0.249. The SMILES string of the molecule is Cc1cc(F)c(N)c(C)c1S(=O)(=O)NC(CO)(CO)CO. The second kappa shape index (κ2) is 6.24. The number of rotatable bonds is 6. The third kappa shape index (κ3) is 3.33. The lowest BCUT2D eigenvalue weighted by molar-refractivity contribution is 0.0581. The molecule has 120 valence electrons. The van der Waals surface area contributed by atoms with Crippen LogP contribution in [0.3, 0.4) is 0 Å². The van der Waals surface area contributed by atoms with E-state index in [9.17, 15) is 28.1 Å². The van der Waals surface area contributed by atoms with Crippen LogP contribution in [-0.4, -0.2) is 49.1 Å². The number of nitrogens with one attached hydrogen (secondary N) is 1. The number of aliphatic hydroxyl groups excluding tert-OH is 3. The van der Waals surface area contributed by atoms with Crippen LogP contribution in [-0.2, 0) is 10.0 Å². The molecule has 1 aromatic rings. The molecule has 0 saturated heterocycles. The Bertz CT molecular complexity index is 621. The standard InChI is InChI=1S/C12H19FN2O5S/c1-7-3-9(13)10(14)8(2)11(7)21(19,20)15-12(4-16,5-17)6-18/h3,15-18H,4-6,14H2,1-2H3. The highest BCUT2D eigenvalue weighted by molar-refractivity contribution is 7.89. The maximum atomic E-state index is 13.5. The number of aliphatic hydroxyl groups is 3. The van der Waals surface area contributed by atoms with Crippen molar-refractivity contribution in [2.24, 2.45) is 0 Å². The van der Waals surface area contributed by atoms with Crippen LogP contribution in [0.2, 0.25) is 0 Å². The molecule has 6 N–H and O–H groups in total. The van der Waals surface area contributed by atoms with Gasteiger partial charge in [-0.05, 0) is 31.0 Å². The molecule has 0 atom stereocenters. The maximum absolute atomic E-state index is 13.5. The Morgan fingerprint density at radius 1 is 1.24 bits per heavy atom. The summed E-state index contributed by atoms with van der Waals surface area (Å²) in [5, 5.41) is 27.6. The molecule has 7 nitrogen and oxygen atoms in total. The van der Waals surface area contributed by atoms with Crippen molar-refractivity contribution in [3.8, 4) is 0 Å². The van der Waals surface area contributed by atoms with Gasteiger partial charge in [0.25, 0.3) is 0 Å². The van der Waals surface area contributed by atoms with Crippen molar-refractivity contribution >= 4 is 15.7 Å². The number of hydrogen-bond donors (Lipinski definition) is 5. The minimum absolute atomic E-state index is 0.0164. The van der Waals surface area contributed by atoms with Gasteiger partial charge in [0.2, 0.25) is 10.0 Å². The van der Waals surface area contributed by atoms with Gasteiger partial charge in [-0.3, -0.25) is 0 Å². The van der Waals surface area contributed by atoms with Gasteiger partial charge in [-0.1, -0.05) is 0 Å². The van der Waals surface area contributed by atoms with E-state index in [2.05, 4.69) is 0 Å². The van der Waals surface area contributed by atoms with E-state index in [1.54, 1.807) is 0 Å². The molecule has 0 aromatic heterocycles. The summed E-state index contributed by atoms with van der Waals surface area (Å²) >= 11 is 0. The van der Waals surface area contributed by atoms with Crippen molar-refractivity contribution in [3.63, 3.8) is 0 Å². The predicted octanol–water partition coefficient (Wildman–Crippen LogP) is -0.981. The van der Waals surface area contributed by atoms with E-state index < -0.39 is 41.2 Å². The van der Waals surface area contributed by atoms with Crippen LogP contribution in [0.4, 0.5) is 10.1 Å². The molecule has 21 heavy (non-hydrogen) atoms. The highest BCUT2D eigenvalue weighted by Crippen LogP contribution is 2.28. The summed E-state index contributed by atoms with van der Waals surface area (Å²) in [6.45, 7) is 0.303. The molecule has 0 spiro atoms. The topological polar surface area (TPSA) is 133 Å². The lowest BCUT2D eigenvalue weighted by Crippen LogP contribution is -2.57. The minimum Gasteiger partial charge on any atom is -0.396 e. The molecule has 0 aliphatic rings. The average Bonchev–Trinajstić information content (AvgIpc) is 2.42. The van der Waals surface area contributed by atoms with E-state index in [1.807, 2.05) is 4.72 Å².